The Labute approximate surface area is 102 Å². The molecule has 0 spiro atoms. The van der Waals surface area contributed by atoms with Gasteiger partial charge in [-0.1, -0.05) is 0 Å². The second kappa shape index (κ2) is 5.61. The molecule has 0 aromatic carbocycles. The first kappa shape index (κ1) is 15.5. The van der Waals surface area contributed by atoms with Crippen molar-refractivity contribution < 1.29 is 4.89 Å². The Balaban J connectivity index is 3.57. The standard InChI is InChI=1S/C5H21N8OP3/c1-6-15(7-2)11-16(8-3,9-4)13-17(14,10-5)12-15/h6-10,14H,1-5H3. The van der Waals surface area contributed by atoms with Crippen molar-refractivity contribution in [3.63, 3.8) is 0 Å². The molecular formula is C5H21N8OP3. The quantitative estimate of drug-likeness (QED) is 0.421. The molecular weight excluding hydrogens is 281 g/mol. The monoisotopic (exact) mass is 302 g/mol. The summed E-state index contributed by atoms with van der Waals surface area (Å²) in [6.07, 6.45) is 0. The zero-order valence-corrected chi connectivity index (χ0v) is 13.3. The summed E-state index contributed by atoms with van der Waals surface area (Å²) in [5.74, 6) is 0. The molecule has 0 aliphatic carbocycles. The van der Waals surface area contributed by atoms with Gasteiger partial charge in [0.25, 0.3) is 7.58 Å². The molecule has 12 heteroatoms. The number of rotatable bonds is 5. The van der Waals surface area contributed by atoms with E-state index in [0.717, 1.165) is 0 Å². The fraction of sp³-hybridized carbons (Fsp3) is 1.00. The molecule has 1 atom stereocenters. The van der Waals surface area contributed by atoms with E-state index in [-0.39, 0.29) is 0 Å². The van der Waals surface area contributed by atoms with Crippen LogP contribution in [0.2, 0.25) is 0 Å². The lowest BCUT2D eigenvalue weighted by Gasteiger charge is -2.32. The van der Waals surface area contributed by atoms with E-state index >= 15 is 0 Å². The van der Waals surface area contributed by atoms with Crippen molar-refractivity contribution in [2.24, 2.45) is 13.5 Å². The van der Waals surface area contributed by atoms with Gasteiger partial charge in [-0.2, -0.15) is 13.5 Å². The highest BCUT2D eigenvalue weighted by molar-refractivity contribution is 7.82. The second-order valence-electron chi connectivity index (χ2n) is 3.16. The predicted octanol–water partition coefficient (Wildman–Crippen LogP) is 0.928. The Hall–Kier alpha value is 0.450. The van der Waals surface area contributed by atoms with Crippen LogP contribution in [0.15, 0.2) is 13.5 Å². The lowest BCUT2D eigenvalue weighted by atomic mass is 11.6. The largest absolute Gasteiger partial charge is 0.331 e. The van der Waals surface area contributed by atoms with Gasteiger partial charge in [0, 0.05) is 0 Å². The van der Waals surface area contributed by atoms with Crippen LogP contribution in [0, 0.1) is 0 Å². The molecule has 1 heterocycles. The first-order valence-corrected chi connectivity index (χ1v) is 10.1. The van der Waals surface area contributed by atoms with Gasteiger partial charge in [0.1, 0.15) is 0 Å². The zero-order chi connectivity index (χ0) is 13.2. The number of nitrogens with zero attached hydrogens (tertiary/aromatic N) is 3. The highest BCUT2D eigenvalue weighted by atomic mass is 31.3. The Bertz CT molecular complexity index is 417. The molecule has 102 valence electrons. The molecule has 0 radical (unpaired) electrons. The van der Waals surface area contributed by atoms with Crippen molar-refractivity contribution in [3.05, 3.63) is 0 Å². The molecule has 1 aliphatic rings. The highest BCUT2D eigenvalue weighted by Crippen LogP contribution is 2.69. The van der Waals surface area contributed by atoms with Crippen molar-refractivity contribution in [3.8, 4) is 0 Å². The number of hydrogen-bond acceptors (Lipinski definition) is 8. The SMILES string of the molecule is CNP1(O)=NP(NC)(NC)=NP(NC)(NC)=N1. The summed E-state index contributed by atoms with van der Waals surface area (Å²) in [6.45, 7) is 0. The number of nitrogens with one attached hydrogen (secondary N) is 5. The number of hydrogen-bond donors (Lipinski definition) is 6. The van der Waals surface area contributed by atoms with Gasteiger partial charge in [0.2, 0.25) is 15.0 Å². The van der Waals surface area contributed by atoms with Crippen LogP contribution >= 0.6 is 22.6 Å². The molecule has 0 amide bonds. The maximum absolute atomic E-state index is 10.4. The van der Waals surface area contributed by atoms with E-state index in [1.807, 2.05) is 0 Å². The van der Waals surface area contributed by atoms with Crippen molar-refractivity contribution >= 4 is 22.6 Å². The fourth-order valence-corrected chi connectivity index (χ4v) is 11.1. The van der Waals surface area contributed by atoms with Crippen LogP contribution in [0.1, 0.15) is 0 Å². The van der Waals surface area contributed by atoms with Gasteiger partial charge >= 0.3 is 0 Å². The maximum atomic E-state index is 10.4. The van der Waals surface area contributed by atoms with E-state index in [1.54, 1.807) is 35.2 Å². The molecule has 1 unspecified atom stereocenters. The van der Waals surface area contributed by atoms with Crippen LogP contribution in [-0.4, -0.2) is 40.1 Å². The van der Waals surface area contributed by atoms with Gasteiger partial charge in [0.05, 0.1) is 0 Å². The van der Waals surface area contributed by atoms with Crippen LogP contribution in [-0.2, 0) is 0 Å². The molecule has 0 aromatic heterocycles. The Morgan fingerprint density at radius 3 is 1.41 bits per heavy atom. The van der Waals surface area contributed by atoms with Crippen LogP contribution in [0.4, 0.5) is 0 Å². The molecule has 17 heavy (non-hydrogen) atoms. The Morgan fingerprint density at radius 1 is 0.647 bits per heavy atom. The predicted molar refractivity (Wildman–Crippen MR) is 75.6 cm³/mol. The summed E-state index contributed by atoms with van der Waals surface area (Å²) in [5.41, 5.74) is 0. The normalized spacial score (nSPS) is 30.0. The third kappa shape index (κ3) is 3.07. The third-order valence-electron chi connectivity index (χ3n) is 2.31. The minimum Gasteiger partial charge on any atom is -0.331 e. The summed E-state index contributed by atoms with van der Waals surface area (Å²) in [5, 5.41) is 15.0. The van der Waals surface area contributed by atoms with E-state index in [0.29, 0.717) is 0 Å². The fourth-order valence-electron chi connectivity index (χ4n) is 1.27. The van der Waals surface area contributed by atoms with Crippen LogP contribution < -0.4 is 25.4 Å². The van der Waals surface area contributed by atoms with E-state index in [4.69, 9.17) is 0 Å². The molecule has 0 saturated heterocycles. The van der Waals surface area contributed by atoms with Gasteiger partial charge in [-0.3, -0.25) is 20.3 Å². The van der Waals surface area contributed by atoms with Crippen molar-refractivity contribution in [1.29, 1.82) is 0 Å². The summed E-state index contributed by atoms with van der Waals surface area (Å²) in [6, 6.07) is 0. The molecule has 1 rings (SSSR count). The molecule has 9 nitrogen and oxygen atoms in total. The summed E-state index contributed by atoms with van der Waals surface area (Å²) in [7, 11) is 1.16. The summed E-state index contributed by atoms with van der Waals surface area (Å²) >= 11 is 0. The average molecular weight is 302 g/mol. The van der Waals surface area contributed by atoms with Gasteiger partial charge < -0.3 is 4.89 Å². The molecule has 1 aliphatic heterocycles. The Kier molecular flexibility index (Phi) is 5.12. The van der Waals surface area contributed by atoms with E-state index in [9.17, 15) is 4.89 Å². The van der Waals surface area contributed by atoms with Crippen LogP contribution in [0.25, 0.3) is 0 Å². The molecule has 6 N–H and O–H groups in total. The van der Waals surface area contributed by atoms with E-state index in [1.165, 1.54) is 0 Å². The molecule has 0 fully saturated rings. The van der Waals surface area contributed by atoms with Gasteiger partial charge in [-0.25, -0.2) is 5.09 Å². The topological polar surface area (TPSA) is 117 Å². The lowest BCUT2D eigenvalue weighted by molar-refractivity contribution is 0.602. The minimum absolute atomic E-state index is 1.64. The third-order valence-corrected chi connectivity index (χ3v) is 11.5. The zero-order valence-electron chi connectivity index (χ0n) is 10.6. The average Bonchev–Trinajstić information content (AvgIpc) is 2.37. The Morgan fingerprint density at radius 2 is 1.06 bits per heavy atom. The van der Waals surface area contributed by atoms with E-state index < -0.39 is 22.6 Å². The first-order chi connectivity index (χ1) is 7.92. The highest BCUT2D eigenvalue weighted by Gasteiger charge is 2.32. The van der Waals surface area contributed by atoms with Gasteiger partial charge in [-0.05, 0) is 35.2 Å². The summed E-state index contributed by atoms with van der Waals surface area (Å²) < 4.78 is 13.3. The van der Waals surface area contributed by atoms with Crippen molar-refractivity contribution in [1.82, 2.24) is 25.4 Å². The van der Waals surface area contributed by atoms with Gasteiger partial charge in [-0.15, -0.1) is 0 Å². The molecule has 0 saturated carbocycles. The first-order valence-electron chi connectivity index (χ1n) is 5.02. The smallest absolute Gasteiger partial charge is 0.276 e. The molecule has 0 aromatic rings. The van der Waals surface area contributed by atoms with Crippen molar-refractivity contribution in [2.45, 2.75) is 0 Å². The maximum Gasteiger partial charge on any atom is 0.276 e. The minimum atomic E-state index is -2.90. The second-order valence-corrected chi connectivity index (χ2v) is 11.1. The summed E-state index contributed by atoms with van der Waals surface area (Å²) in [4.78, 5) is 10.4. The van der Waals surface area contributed by atoms with Gasteiger partial charge in [0.15, 0.2) is 0 Å². The van der Waals surface area contributed by atoms with E-state index in [2.05, 4.69) is 39.0 Å². The lowest BCUT2D eigenvalue weighted by Crippen LogP contribution is -2.22. The van der Waals surface area contributed by atoms with Crippen molar-refractivity contribution in [2.75, 3.05) is 35.2 Å². The van der Waals surface area contributed by atoms with Crippen LogP contribution in [0.3, 0.4) is 0 Å². The van der Waals surface area contributed by atoms with Crippen LogP contribution in [0.5, 0.6) is 0 Å². The molecule has 0 bridgehead atoms.